The van der Waals surface area contributed by atoms with Crippen LogP contribution in [0.5, 0.6) is 0 Å². The van der Waals surface area contributed by atoms with Gasteiger partial charge >= 0.3 is 0 Å². The van der Waals surface area contributed by atoms with Gasteiger partial charge in [-0.05, 0) is 18.4 Å². The fraction of sp³-hybridized carbons (Fsp3) is 0.500. The number of hydrogen-bond donors (Lipinski definition) is 1. The number of nitrogens with one attached hydrogen (secondary N) is 1. The van der Waals surface area contributed by atoms with Crippen LogP contribution in [-0.2, 0) is 19.8 Å². The fourth-order valence-electron chi connectivity index (χ4n) is 1.23. The van der Waals surface area contributed by atoms with Gasteiger partial charge in [-0.3, -0.25) is 4.79 Å². The van der Waals surface area contributed by atoms with Gasteiger partial charge in [0.1, 0.15) is 0 Å². The second kappa shape index (κ2) is 9.55. The van der Waals surface area contributed by atoms with Gasteiger partial charge in [-0.15, -0.1) is 0 Å². The molecule has 0 radical (unpaired) electrons. The standard InChI is InChI=1S/C10H14.C2H3N2O2S.C2H6.H2/c1-8(2)10-6-4-9(3)5-7-10;5-2-1-3-7(6)4-2;1-2;/h4-8H,1-3H3;1H2,(H,3,4,5,6);1-2H3;1H/q;-1;;. The van der Waals surface area contributed by atoms with E-state index in [1.165, 1.54) is 11.1 Å². The average Bonchev–Trinajstić information content (AvgIpc) is 2.77. The van der Waals surface area contributed by atoms with Crippen LogP contribution in [0.15, 0.2) is 28.6 Å². The molecule has 1 amide bonds. The van der Waals surface area contributed by atoms with E-state index in [-0.39, 0.29) is 13.9 Å². The van der Waals surface area contributed by atoms with Crippen molar-refractivity contribution in [3.63, 3.8) is 0 Å². The summed E-state index contributed by atoms with van der Waals surface area (Å²) in [5.74, 6) is 0.388. The predicted molar refractivity (Wildman–Crippen MR) is 82.2 cm³/mol. The van der Waals surface area contributed by atoms with E-state index in [9.17, 15) is 9.00 Å². The van der Waals surface area contributed by atoms with Crippen LogP contribution in [0, 0.1) is 6.92 Å². The van der Waals surface area contributed by atoms with Crippen LogP contribution in [0.25, 0.3) is 0 Å². The summed E-state index contributed by atoms with van der Waals surface area (Å²) in [6, 6.07) is 8.71. The maximum absolute atomic E-state index is 10.1. The molecule has 2 rings (SSSR count). The van der Waals surface area contributed by atoms with Gasteiger partial charge in [0.2, 0.25) is 5.91 Å². The molecular formula is C14H25N2O2S-. The van der Waals surface area contributed by atoms with Gasteiger partial charge in [-0.2, -0.15) is 0 Å². The highest BCUT2D eigenvalue weighted by Gasteiger charge is 1.95. The smallest absolute Gasteiger partial charge is 0.223 e. The van der Waals surface area contributed by atoms with Gasteiger partial charge in [0.15, 0.2) is 0 Å². The molecule has 1 aromatic rings. The Morgan fingerprint density at radius 2 is 1.79 bits per heavy atom. The maximum atomic E-state index is 10.1. The Bertz CT molecular complexity index is 467. The topological polar surface area (TPSA) is 58.5 Å². The molecule has 5 heteroatoms. The van der Waals surface area contributed by atoms with E-state index in [0.717, 1.165) is 0 Å². The number of hydrogen-bond acceptors (Lipinski definition) is 4. The number of amides is 1. The third-order valence-electron chi connectivity index (χ3n) is 2.27. The summed E-state index contributed by atoms with van der Waals surface area (Å²) in [6.45, 7) is 10.6. The van der Waals surface area contributed by atoms with Crippen molar-refractivity contribution in [3.05, 3.63) is 35.4 Å². The monoisotopic (exact) mass is 285 g/mol. The zero-order valence-electron chi connectivity index (χ0n) is 12.3. The van der Waals surface area contributed by atoms with Gasteiger partial charge in [-0.25, -0.2) is 0 Å². The summed E-state index contributed by atoms with van der Waals surface area (Å²) >= 11 is 0. The molecule has 110 valence electrons. The van der Waals surface area contributed by atoms with Crippen molar-refractivity contribution in [2.45, 2.75) is 40.5 Å². The highest BCUT2D eigenvalue weighted by Crippen LogP contribution is 2.13. The van der Waals surface area contributed by atoms with Crippen molar-refractivity contribution in [1.82, 2.24) is 4.72 Å². The average molecular weight is 285 g/mol. The lowest BCUT2D eigenvalue weighted by molar-refractivity contribution is -0.117. The fourth-order valence-corrected chi connectivity index (χ4v) is 1.79. The summed E-state index contributed by atoms with van der Waals surface area (Å²) in [5, 5.41) is 0. The number of aryl methyl sites for hydroxylation is 1. The molecule has 0 fully saturated rings. The van der Waals surface area contributed by atoms with Crippen molar-refractivity contribution in [2.75, 3.05) is 6.54 Å². The zero-order chi connectivity index (χ0) is 14.8. The van der Waals surface area contributed by atoms with Gasteiger partial charge < -0.3 is 13.3 Å². The van der Waals surface area contributed by atoms with Crippen molar-refractivity contribution >= 4 is 16.7 Å². The minimum absolute atomic E-state index is 0. The maximum Gasteiger partial charge on any atom is 0.223 e. The van der Waals surface area contributed by atoms with Gasteiger partial charge in [0, 0.05) is 1.43 Å². The summed E-state index contributed by atoms with van der Waals surface area (Å²) in [7, 11) is -1.43. The third-order valence-corrected chi connectivity index (χ3v) is 3.04. The molecule has 1 aliphatic heterocycles. The molecule has 0 atom stereocenters. The molecule has 0 saturated heterocycles. The number of carbonyl (C=O) groups is 1. The van der Waals surface area contributed by atoms with Gasteiger partial charge in [0.05, 0.1) is 6.54 Å². The lowest BCUT2D eigenvalue weighted by atomic mass is 10.0. The largest absolute Gasteiger partial charge is 0.424 e. The Balaban J connectivity index is 0. The van der Waals surface area contributed by atoms with Gasteiger partial charge in [-0.1, -0.05) is 68.3 Å². The number of carbonyl (C=O) groups excluding carboxylic acids is 1. The number of rotatable bonds is 1. The Hall–Kier alpha value is -1.36. The van der Waals surface area contributed by atoms with Crippen LogP contribution < -0.4 is 4.72 Å². The van der Waals surface area contributed by atoms with Crippen molar-refractivity contribution in [3.8, 4) is 0 Å². The van der Waals surface area contributed by atoms with E-state index in [0.29, 0.717) is 5.92 Å². The van der Waals surface area contributed by atoms with E-state index in [2.05, 4.69) is 54.1 Å². The normalized spacial score (nSPS) is 13.7. The summed E-state index contributed by atoms with van der Waals surface area (Å²) < 4.78 is 15.5. The second-order valence-corrected chi connectivity index (χ2v) is 5.09. The van der Waals surface area contributed by atoms with Crippen LogP contribution in [0.3, 0.4) is 0 Å². The quantitative estimate of drug-likeness (QED) is 0.802. The summed E-state index contributed by atoms with van der Waals surface area (Å²) in [5.41, 5.74) is 2.76. The molecule has 0 aromatic heterocycles. The number of nitrogens with zero attached hydrogens (tertiary/aromatic N) is 1. The molecule has 1 N–H and O–H groups in total. The van der Waals surface area contributed by atoms with Crippen LogP contribution in [0.2, 0.25) is 0 Å². The first-order valence-corrected chi connectivity index (χ1v) is 7.55. The van der Waals surface area contributed by atoms with Crippen LogP contribution >= 0.6 is 0 Å². The lowest BCUT2D eigenvalue weighted by Crippen LogP contribution is -2.15. The molecule has 0 saturated carbocycles. The molecule has 19 heavy (non-hydrogen) atoms. The van der Waals surface area contributed by atoms with E-state index >= 15 is 0 Å². The second-order valence-electron chi connectivity index (χ2n) is 4.13. The Morgan fingerprint density at radius 3 is 2.05 bits per heavy atom. The van der Waals surface area contributed by atoms with E-state index in [1.807, 2.05) is 13.8 Å². The number of benzene rings is 1. The lowest BCUT2D eigenvalue weighted by Gasteiger charge is -2.03. The van der Waals surface area contributed by atoms with E-state index in [4.69, 9.17) is 0 Å². The summed E-state index contributed by atoms with van der Waals surface area (Å²) in [4.78, 5) is 10.1. The Kier molecular flexibility index (Phi) is 8.87. The SMILES string of the molecule is CC.Cc1ccc(C(C)C)cc1.O=C1CN=[S-](=O)N1.[HH]. The third kappa shape index (κ3) is 7.62. The van der Waals surface area contributed by atoms with Gasteiger partial charge in [0.25, 0.3) is 0 Å². The van der Waals surface area contributed by atoms with Crippen LogP contribution in [0.4, 0.5) is 0 Å². The first-order chi connectivity index (χ1) is 8.99. The molecule has 4 nitrogen and oxygen atoms in total. The minimum Gasteiger partial charge on any atom is -0.424 e. The Labute approximate surface area is 119 Å². The molecular weight excluding hydrogens is 260 g/mol. The molecule has 1 heterocycles. The first kappa shape index (κ1) is 17.6. The Morgan fingerprint density at radius 1 is 1.26 bits per heavy atom. The molecule has 0 aliphatic carbocycles. The minimum atomic E-state index is -1.43. The van der Waals surface area contributed by atoms with Crippen molar-refractivity contribution in [2.24, 2.45) is 4.36 Å². The highest BCUT2D eigenvalue weighted by molar-refractivity contribution is 7.73. The molecule has 0 unspecified atom stereocenters. The highest BCUT2D eigenvalue weighted by atomic mass is 32.2. The molecule has 1 aliphatic rings. The zero-order valence-corrected chi connectivity index (χ0v) is 13.1. The van der Waals surface area contributed by atoms with E-state index < -0.39 is 10.8 Å². The predicted octanol–water partition coefficient (Wildman–Crippen LogP) is 3.57. The molecule has 0 bridgehead atoms. The molecule has 0 spiro atoms. The first-order valence-electron chi connectivity index (χ1n) is 6.44. The van der Waals surface area contributed by atoms with Crippen LogP contribution in [0.1, 0.15) is 46.2 Å². The summed E-state index contributed by atoms with van der Waals surface area (Å²) in [6.07, 6.45) is 0. The van der Waals surface area contributed by atoms with Crippen molar-refractivity contribution < 1.29 is 10.4 Å². The van der Waals surface area contributed by atoms with Crippen molar-refractivity contribution in [1.29, 1.82) is 0 Å². The molecule has 1 aromatic carbocycles. The van der Waals surface area contributed by atoms with E-state index in [1.54, 1.807) is 0 Å². The van der Waals surface area contributed by atoms with Crippen LogP contribution in [-0.4, -0.2) is 12.5 Å².